The zero-order valence-electron chi connectivity index (χ0n) is 21.8. The highest BCUT2D eigenvalue weighted by atomic mass is 19.3. The normalized spacial score (nSPS) is 28.1. The first kappa shape index (κ1) is 26.4. The minimum Gasteiger partial charge on any atom is -0.372 e. The van der Waals surface area contributed by atoms with Crippen LogP contribution in [0.5, 0.6) is 0 Å². The Hall–Kier alpha value is -3.84. The van der Waals surface area contributed by atoms with Crippen molar-refractivity contribution in [1.29, 1.82) is 5.26 Å². The molecule has 0 aromatic heterocycles. The van der Waals surface area contributed by atoms with Crippen LogP contribution in [0, 0.1) is 23.2 Å². The van der Waals surface area contributed by atoms with E-state index in [2.05, 4.69) is 10.6 Å². The van der Waals surface area contributed by atoms with Crippen molar-refractivity contribution in [2.24, 2.45) is 11.8 Å². The molecule has 5 atom stereocenters. The van der Waals surface area contributed by atoms with Crippen molar-refractivity contribution in [1.82, 2.24) is 15.5 Å². The molecule has 40 heavy (non-hydrogen) atoms. The van der Waals surface area contributed by atoms with E-state index in [9.17, 15) is 24.8 Å². The zero-order valence-corrected chi connectivity index (χ0v) is 21.8. The quantitative estimate of drug-likeness (QED) is 0.531. The predicted octanol–water partition coefficient (Wildman–Crippen LogP) is 2.84. The molecule has 1 saturated carbocycles. The molecule has 2 aromatic rings. The van der Waals surface area contributed by atoms with Gasteiger partial charge < -0.3 is 20.6 Å². The number of carbonyl (C=O) groups is 3. The van der Waals surface area contributed by atoms with E-state index in [1.807, 2.05) is 6.07 Å². The molecule has 10 heteroatoms. The SMILES string of the molecule is N#C[C@@H](C[C@H]1CCCNC1=O)NC(=O)[C@@H]1[C@@H]2CC[C@@H](CC2(F)F)N1C(=O)C1(O)c2ccccc2-c2ccccc21. The van der Waals surface area contributed by atoms with Crippen LogP contribution in [0.2, 0.25) is 0 Å². The van der Waals surface area contributed by atoms with Gasteiger partial charge in [-0.1, -0.05) is 48.5 Å². The van der Waals surface area contributed by atoms with Crippen LogP contribution in [0.3, 0.4) is 0 Å². The Labute approximate surface area is 230 Å². The molecule has 2 aliphatic carbocycles. The summed E-state index contributed by atoms with van der Waals surface area (Å²) in [5.74, 6) is -7.03. The Morgan fingerprint density at radius 2 is 1.75 bits per heavy atom. The number of hydrogen-bond acceptors (Lipinski definition) is 5. The number of aliphatic hydroxyl groups is 1. The standard InChI is InChI=1S/C30H30F2N4O4/c31-29(32)15-19-11-12-24(29)25(27(38)35-18(16-33)14-17-6-5-13-34-26(17)37)36(19)28(39)30(40)22-9-3-1-7-20(22)21-8-2-4-10-23(21)30/h1-4,7-10,17-19,24-25,40H,5-6,11-15H2,(H,34,37)(H,35,38)/t17-,18-,19+,24+,25+/m1/s1. The highest BCUT2D eigenvalue weighted by Gasteiger charge is 2.63. The fourth-order valence-corrected chi connectivity index (χ4v) is 7.17. The number of carbonyl (C=O) groups excluding carboxylic acids is 3. The lowest BCUT2D eigenvalue weighted by Crippen LogP contribution is -2.70. The maximum Gasteiger partial charge on any atom is 0.264 e. The molecule has 0 radical (unpaired) electrons. The Morgan fingerprint density at radius 3 is 2.35 bits per heavy atom. The number of benzene rings is 2. The fraction of sp³-hybridized carbons (Fsp3) is 0.467. The molecule has 2 aromatic carbocycles. The highest BCUT2D eigenvalue weighted by molar-refractivity contribution is 6.01. The Balaban J connectivity index is 1.35. The first-order chi connectivity index (χ1) is 19.2. The molecule has 3 saturated heterocycles. The van der Waals surface area contributed by atoms with Crippen LogP contribution in [0.4, 0.5) is 8.78 Å². The molecule has 3 amide bonds. The summed E-state index contributed by atoms with van der Waals surface area (Å²) in [4.78, 5) is 41.5. The van der Waals surface area contributed by atoms with Gasteiger partial charge >= 0.3 is 0 Å². The topological polar surface area (TPSA) is 123 Å². The lowest BCUT2D eigenvalue weighted by molar-refractivity contribution is -0.201. The number of rotatable bonds is 5. The third-order valence-corrected chi connectivity index (χ3v) is 9.06. The van der Waals surface area contributed by atoms with Gasteiger partial charge in [-0.05, 0) is 43.2 Å². The molecule has 3 heterocycles. The summed E-state index contributed by atoms with van der Waals surface area (Å²) in [6, 6.07) is 12.2. The van der Waals surface area contributed by atoms with E-state index in [4.69, 9.17) is 0 Å². The van der Waals surface area contributed by atoms with E-state index < -0.39 is 59.7 Å². The largest absolute Gasteiger partial charge is 0.372 e. The monoisotopic (exact) mass is 548 g/mol. The van der Waals surface area contributed by atoms with E-state index in [-0.39, 0.29) is 25.2 Å². The Morgan fingerprint density at radius 1 is 1.10 bits per heavy atom. The average molecular weight is 549 g/mol. The first-order valence-electron chi connectivity index (χ1n) is 13.8. The average Bonchev–Trinajstić information content (AvgIpc) is 3.22. The third kappa shape index (κ3) is 3.98. The van der Waals surface area contributed by atoms with Crippen molar-refractivity contribution >= 4 is 17.7 Å². The number of hydrogen-bond donors (Lipinski definition) is 3. The van der Waals surface area contributed by atoms with Gasteiger partial charge in [0.25, 0.3) is 11.8 Å². The summed E-state index contributed by atoms with van der Waals surface area (Å²) in [5, 5.41) is 27.2. The van der Waals surface area contributed by atoms with Crippen molar-refractivity contribution in [3.05, 3.63) is 59.7 Å². The summed E-state index contributed by atoms with van der Waals surface area (Å²) < 4.78 is 30.5. The van der Waals surface area contributed by atoms with E-state index >= 15 is 8.78 Å². The minimum atomic E-state index is -3.19. The summed E-state index contributed by atoms with van der Waals surface area (Å²) in [6.07, 6.45) is 1.06. The molecule has 0 spiro atoms. The number of nitrogens with zero attached hydrogens (tertiary/aromatic N) is 2. The molecule has 208 valence electrons. The molecule has 2 bridgehead atoms. The molecule has 3 aliphatic heterocycles. The molecule has 8 nitrogen and oxygen atoms in total. The van der Waals surface area contributed by atoms with Crippen LogP contribution in [-0.2, 0) is 20.0 Å². The molecule has 5 aliphatic rings. The van der Waals surface area contributed by atoms with Gasteiger partial charge in [0.05, 0.1) is 12.0 Å². The second-order valence-corrected chi connectivity index (χ2v) is 11.3. The van der Waals surface area contributed by atoms with E-state index in [1.54, 1.807) is 48.5 Å². The fourth-order valence-electron chi connectivity index (χ4n) is 7.17. The molecular formula is C30H30F2N4O4. The van der Waals surface area contributed by atoms with Crippen LogP contribution in [0.25, 0.3) is 11.1 Å². The summed E-state index contributed by atoms with van der Waals surface area (Å²) >= 11 is 0. The van der Waals surface area contributed by atoms with Crippen molar-refractivity contribution in [2.75, 3.05) is 6.54 Å². The van der Waals surface area contributed by atoms with Crippen molar-refractivity contribution in [2.45, 2.75) is 68.2 Å². The molecular weight excluding hydrogens is 518 g/mol. The number of fused-ring (bicyclic) bond motifs is 6. The molecule has 0 unspecified atom stereocenters. The van der Waals surface area contributed by atoms with E-state index in [1.165, 1.54) is 0 Å². The van der Waals surface area contributed by atoms with Crippen LogP contribution in [0.1, 0.15) is 49.7 Å². The van der Waals surface area contributed by atoms with Gasteiger partial charge in [-0.25, -0.2) is 8.78 Å². The molecule has 4 fully saturated rings. The number of nitrogens with one attached hydrogen (secondary N) is 2. The number of nitriles is 1. The summed E-state index contributed by atoms with van der Waals surface area (Å²) in [7, 11) is 0. The summed E-state index contributed by atoms with van der Waals surface area (Å²) in [5.41, 5.74) is -0.151. The van der Waals surface area contributed by atoms with Gasteiger partial charge in [0, 0.05) is 36.1 Å². The van der Waals surface area contributed by atoms with Gasteiger partial charge in [-0.15, -0.1) is 0 Å². The van der Waals surface area contributed by atoms with Crippen molar-refractivity contribution in [3.63, 3.8) is 0 Å². The minimum absolute atomic E-state index is 0.0351. The maximum atomic E-state index is 15.2. The van der Waals surface area contributed by atoms with Crippen LogP contribution >= 0.6 is 0 Å². The number of alkyl halides is 2. The van der Waals surface area contributed by atoms with Gasteiger partial charge in [-0.3, -0.25) is 14.4 Å². The van der Waals surface area contributed by atoms with Crippen LogP contribution < -0.4 is 10.6 Å². The summed E-state index contributed by atoms with van der Waals surface area (Å²) in [6.45, 7) is 0.547. The predicted molar refractivity (Wildman–Crippen MR) is 139 cm³/mol. The van der Waals surface area contributed by atoms with Crippen molar-refractivity contribution in [3.8, 4) is 17.2 Å². The van der Waals surface area contributed by atoms with Gasteiger partial charge in [0.15, 0.2) is 5.60 Å². The van der Waals surface area contributed by atoms with Gasteiger partial charge in [-0.2, -0.15) is 5.26 Å². The zero-order chi connectivity index (χ0) is 28.2. The van der Waals surface area contributed by atoms with Gasteiger partial charge in [0.1, 0.15) is 12.1 Å². The van der Waals surface area contributed by atoms with Crippen LogP contribution in [-0.4, -0.2) is 58.3 Å². The number of amides is 3. The first-order valence-corrected chi connectivity index (χ1v) is 13.8. The molecule has 7 rings (SSSR count). The van der Waals surface area contributed by atoms with E-state index in [0.29, 0.717) is 35.2 Å². The Bertz CT molecular complexity index is 1380. The third-order valence-electron chi connectivity index (χ3n) is 9.06. The smallest absolute Gasteiger partial charge is 0.264 e. The number of halogens is 2. The second kappa shape index (κ2) is 9.66. The molecule has 3 N–H and O–H groups in total. The number of piperidine rings is 3. The van der Waals surface area contributed by atoms with Gasteiger partial charge in [0.2, 0.25) is 11.8 Å². The lowest BCUT2D eigenvalue weighted by atomic mass is 9.70. The van der Waals surface area contributed by atoms with Crippen molar-refractivity contribution < 1.29 is 28.3 Å². The van der Waals surface area contributed by atoms with E-state index in [0.717, 1.165) is 11.3 Å². The Kier molecular flexibility index (Phi) is 6.37. The highest BCUT2D eigenvalue weighted by Crippen LogP contribution is 2.53. The maximum absolute atomic E-state index is 15.2. The second-order valence-electron chi connectivity index (χ2n) is 11.3. The lowest BCUT2D eigenvalue weighted by Gasteiger charge is -2.54. The van der Waals surface area contributed by atoms with Crippen LogP contribution in [0.15, 0.2) is 48.5 Å².